The normalized spacial score (nSPS) is 18.8. The highest BCUT2D eigenvalue weighted by Crippen LogP contribution is 2.10. The summed E-state index contributed by atoms with van der Waals surface area (Å²) in [5, 5.41) is 0. The highest BCUT2D eigenvalue weighted by Gasteiger charge is 2.26. The van der Waals surface area contributed by atoms with Gasteiger partial charge >= 0.3 is 0 Å². The number of piperazine rings is 1. The molecule has 0 aromatic carbocycles. The Hall–Kier alpha value is -1.46. The number of nitrogens with zero attached hydrogens (tertiary/aromatic N) is 4. The predicted molar refractivity (Wildman–Crippen MR) is 79.2 cm³/mol. The largest absolute Gasteiger partial charge is 0.347 e. The van der Waals surface area contributed by atoms with E-state index < -0.39 is 0 Å². The maximum Gasteiger partial charge on any atom is 0.239 e. The van der Waals surface area contributed by atoms with Crippen LogP contribution in [0.1, 0.15) is 12.6 Å². The summed E-state index contributed by atoms with van der Waals surface area (Å²) in [5.74, 6) is 0.183. The average Bonchev–Trinajstić information content (AvgIpc) is 2.47. The molecule has 5 nitrogen and oxygen atoms in total. The molecule has 1 aliphatic heterocycles. The summed E-state index contributed by atoms with van der Waals surface area (Å²) in [5.41, 5.74) is 1.11. The molecule has 20 heavy (non-hydrogen) atoms. The Labute approximate surface area is 121 Å². The van der Waals surface area contributed by atoms with E-state index in [-0.39, 0.29) is 11.9 Å². The molecule has 1 saturated heterocycles. The quantitative estimate of drug-likeness (QED) is 0.810. The van der Waals surface area contributed by atoms with Crippen LogP contribution in [0.15, 0.2) is 24.4 Å². The van der Waals surface area contributed by atoms with E-state index in [0.717, 1.165) is 38.4 Å². The molecular formula is C15H24N4O. The van der Waals surface area contributed by atoms with Crippen molar-refractivity contribution in [3.05, 3.63) is 30.1 Å². The van der Waals surface area contributed by atoms with Crippen LogP contribution in [0.2, 0.25) is 0 Å². The molecule has 2 heterocycles. The van der Waals surface area contributed by atoms with Crippen LogP contribution in [0.3, 0.4) is 0 Å². The van der Waals surface area contributed by atoms with Crippen molar-refractivity contribution < 1.29 is 4.79 Å². The minimum Gasteiger partial charge on any atom is -0.347 e. The molecule has 110 valence electrons. The molecule has 0 N–H and O–H groups in total. The van der Waals surface area contributed by atoms with Crippen LogP contribution in [-0.4, -0.2) is 71.9 Å². The molecule has 5 heteroatoms. The second-order valence-corrected chi connectivity index (χ2v) is 5.54. The standard InChI is InChI=1S/C15H24N4O/c1-13(15(20)17(2)3)19-10-8-18(9-11-19)12-14-6-4-5-7-16-14/h4-7,13H,8-12H2,1-3H3. The minimum atomic E-state index is -0.0259. The molecule has 0 radical (unpaired) electrons. The van der Waals surface area contributed by atoms with Gasteiger partial charge in [-0.3, -0.25) is 19.6 Å². The predicted octanol–water partition coefficient (Wildman–Crippen LogP) is 0.676. The van der Waals surface area contributed by atoms with Crippen LogP contribution in [0.4, 0.5) is 0 Å². The molecule has 0 bridgehead atoms. The maximum atomic E-state index is 12.0. The Kier molecular flexibility index (Phi) is 5.09. The lowest BCUT2D eigenvalue weighted by Crippen LogP contribution is -2.53. The van der Waals surface area contributed by atoms with Gasteiger partial charge in [0, 0.05) is 53.0 Å². The monoisotopic (exact) mass is 276 g/mol. The molecule has 0 aliphatic carbocycles. The van der Waals surface area contributed by atoms with E-state index in [1.165, 1.54) is 0 Å². The van der Waals surface area contributed by atoms with Crippen molar-refractivity contribution in [2.75, 3.05) is 40.3 Å². The zero-order valence-corrected chi connectivity index (χ0v) is 12.6. The summed E-state index contributed by atoms with van der Waals surface area (Å²) in [4.78, 5) is 22.7. The first-order valence-corrected chi connectivity index (χ1v) is 7.15. The van der Waals surface area contributed by atoms with Crippen LogP contribution in [-0.2, 0) is 11.3 Å². The van der Waals surface area contributed by atoms with E-state index in [1.54, 1.807) is 4.90 Å². The summed E-state index contributed by atoms with van der Waals surface area (Å²) in [6.07, 6.45) is 1.84. The summed E-state index contributed by atoms with van der Waals surface area (Å²) in [6.45, 7) is 6.74. The Balaban J connectivity index is 1.82. The Morgan fingerprint density at radius 1 is 1.30 bits per heavy atom. The first-order valence-electron chi connectivity index (χ1n) is 7.15. The number of carbonyl (C=O) groups excluding carboxylic acids is 1. The van der Waals surface area contributed by atoms with Crippen LogP contribution >= 0.6 is 0 Å². The highest BCUT2D eigenvalue weighted by molar-refractivity contribution is 5.80. The molecule has 1 atom stereocenters. The molecule has 1 aromatic heterocycles. The molecule has 0 spiro atoms. The lowest BCUT2D eigenvalue weighted by Gasteiger charge is -2.37. The van der Waals surface area contributed by atoms with Gasteiger partial charge in [0.05, 0.1) is 11.7 Å². The van der Waals surface area contributed by atoms with Crippen molar-refractivity contribution in [1.29, 1.82) is 0 Å². The zero-order valence-electron chi connectivity index (χ0n) is 12.6. The van der Waals surface area contributed by atoms with Gasteiger partial charge in [0.25, 0.3) is 0 Å². The van der Waals surface area contributed by atoms with Crippen molar-refractivity contribution in [3.63, 3.8) is 0 Å². The molecule has 1 aliphatic rings. The SMILES string of the molecule is CC(C(=O)N(C)C)N1CCN(Cc2ccccn2)CC1. The number of pyridine rings is 1. The minimum absolute atomic E-state index is 0.0259. The van der Waals surface area contributed by atoms with Gasteiger partial charge in [0.1, 0.15) is 0 Å². The summed E-state index contributed by atoms with van der Waals surface area (Å²) >= 11 is 0. The van der Waals surface area contributed by atoms with Crippen molar-refractivity contribution in [3.8, 4) is 0 Å². The van der Waals surface area contributed by atoms with Gasteiger partial charge in [-0.2, -0.15) is 0 Å². The molecular weight excluding hydrogens is 252 g/mol. The van der Waals surface area contributed by atoms with E-state index in [9.17, 15) is 4.79 Å². The third kappa shape index (κ3) is 3.77. The summed E-state index contributed by atoms with van der Waals surface area (Å²) < 4.78 is 0. The first-order chi connectivity index (χ1) is 9.58. The van der Waals surface area contributed by atoms with E-state index in [2.05, 4.69) is 20.9 Å². The number of carbonyl (C=O) groups is 1. The van der Waals surface area contributed by atoms with Crippen LogP contribution in [0.25, 0.3) is 0 Å². The molecule has 1 amide bonds. The van der Waals surface area contributed by atoms with E-state index in [1.807, 2.05) is 39.3 Å². The second kappa shape index (κ2) is 6.81. The number of rotatable bonds is 4. The number of hydrogen-bond acceptors (Lipinski definition) is 4. The van der Waals surface area contributed by atoms with Gasteiger partial charge in [0.2, 0.25) is 5.91 Å². The summed E-state index contributed by atoms with van der Waals surface area (Å²) in [6, 6.07) is 6.00. The van der Waals surface area contributed by atoms with Crippen molar-refractivity contribution in [2.45, 2.75) is 19.5 Å². The number of hydrogen-bond donors (Lipinski definition) is 0. The smallest absolute Gasteiger partial charge is 0.239 e. The van der Waals surface area contributed by atoms with Gasteiger partial charge in [0.15, 0.2) is 0 Å². The Morgan fingerprint density at radius 2 is 2.00 bits per heavy atom. The molecule has 1 unspecified atom stereocenters. The molecule has 1 fully saturated rings. The topological polar surface area (TPSA) is 39.7 Å². The number of likely N-dealkylation sites (N-methyl/N-ethyl adjacent to an activating group) is 1. The highest BCUT2D eigenvalue weighted by atomic mass is 16.2. The van der Waals surface area contributed by atoms with Gasteiger partial charge in [-0.25, -0.2) is 0 Å². The van der Waals surface area contributed by atoms with Crippen molar-refractivity contribution >= 4 is 5.91 Å². The Morgan fingerprint density at radius 3 is 2.55 bits per heavy atom. The second-order valence-electron chi connectivity index (χ2n) is 5.54. The van der Waals surface area contributed by atoms with Crippen LogP contribution < -0.4 is 0 Å². The Bertz CT molecular complexity index is 427. The van der Waals surface area contributed by atoms with Gasteiger partial charge in [-0.05, 0) is 19.1 Å². The third-order valence-corrected chi connectivity index (χ3v) is 3.86. The average molecular weight is 276 g/mol. The first kappa shape index (κ1) is 14.9. The molecule has 1 aromatic rings. The molecule has 0 saturated carbocycles. The third-order valence-electron chi connectivity index (χ3n) is 3.86. The fourth-order valence-corrected chi connectivity index (χ4v) is 2.56. The van der Waals surface area contributed by atoms with Crippen molar-refractivity contribution in [1.82, 2.24) is 19.7 Å². The van der Waals surface area contributed by atoms with E-state index >= 15 is 0 Å². The lowest BCUT2D eigenvalue weighted by atomic mass is 10.2. The number of amides is 1. The van der Waals surface area contributed by atoms with E-state index in [0.29, 0.717) is 0 Å². The summed E-state index contributed by atoms with van der Waals surface area (Å²) in [7, 11) is 3.63. The van der Waals surface area contributed by atoms with Crippen molar-refractivity contribution in [2.24, 2.45) is 0 Å². The zero-order chi connectivity index (χ0) is 14.5. The maximum absolute atomic E-state index is 12.0. The van der Waals surface area contributed by atoms with E-state index in [4.69, 9.17) is 0 Å². The van der Waals surface area contributed by atoms with Gasteiger partial charge in [-0.15, -0.1) is 0 Å². The van der Waals surface area contributed by atoms with Crippen LogP contribution in [0, 0.1) is 0 Å². The molecule has 2 rings (SSSR count). The fraction of sp³-hybridized carbons (Fsp3) is 0.600. The number of aromatic nitrogens is 1. The lowest BCUT2D eigenvalue weighted by molar-refractivity contribution is -0.134. The van der Waals surface area contributed by atoms with Crippen LogP contribution in [0.5, 0.6) is 0 Å². The fourth-order valence-electron chi connectivity index (χ4n) is 2.56. The van der Waals surface area contributed by atoms with Gasteiger partial charge in [-0.1, -0.05) is 6.07 Å². The van der Waals surface area contributed by atoms with Gasteiger partial charge < -0.3 is 4.90 Å².